The number of aryl methyl sites for hydroxylation is 1. The van der Waals surface area contributed by atoms with Gasteiger partial charge in [-0.2, -0.15) is 4.98 Å². The van der Waals surface area contributed by atoms with Gasteiger partial charge in [0.2, 0.25) is 5.89 Å². The molecule has 0 aromatic carbocycles. The van der Waals surface area contributed by atoms with Gasteiger partial charge < -0.3 is 9.84 Å². The Morgan fingerprint density at radius 2 is 2.28 bits per heavy atom. The number of nitrogens with zero attached hydrogens (tertiary/aromatic N) is 3. The van der Waals surface area contributed by atoms with E-state index in [0.29, 0.717) is 11.4 Å². The predicted octanol–water partition coefficient (Wildman–Crippen LogP) is 1.93. The first-order chi connectivity index (χ1) is 8.76. The lowest BCUT2D eigenvalue weighted by Gasteiger charge is -2.21. The number of thioether (sulfide) groups is 1. The van der Waals surface area contributed by atoms with Gasteiger partial charge >= 0.3 is 0 Å². The number of nitrogens with one attached hydrogen (secondary N) is 1. The first-order valence-electron chi connectivity index (χ1n) is 6.50. The van der Waals surface area contributed by atoms with E-state index < -0.39 is 0 Å². The molecule has 0 radical (unpaired) electrons. The van der Waals surface area contributed by atoms with Gasteiger partial charge in [-0.05, 0) is 12.8 Å². The summed E-state index contributed by atoms with van der Waals surface area (Å²) in [5.74, 6) is 2.54. The van der Waals surface area contributed by atoms with Crippen LogP contribution in [-0.4, -0.2) is 33.1 Å². The fraction of sp³-hybridized carbons (Fsp3) is 0.750. The molecule has 1 aromatic heterocycles. The van der Waals surface area contributed by atoms with Crippen molar-refractivity contribution in [3.8, 4) is 0 Å². The summed E-state index contributed by atoms with van der Waals surface area (Å²) in [6.07, 6.45) is 6.04. The number of aromatic nitrogens is 2. The highest BCUT2D eigenvalue weighted by Crippen LogP contribution is 2.37. The number of aliphatic imine (C=N–C) groups is 1. The minimum atomic E-state index is 0.353. The molecule has 1 spiro atoms. The summed E-state index contributed by atoms with van der Waals surface area (Å²) in [6, 6.07) is 0. The van der Waals surface area contributed by atoms with Crippen LogP contribution in [-0.2, 0) is 6.42 Å². The third-order valence-electron chi connectivity index (χ3n) is 3.58. The number of hydrogen-bond donors (Lipinski definition) is 1. The van der Waals surface area contributed by atoms with Crippen LogP contribution in [0.25, 0.3) is 0 Å². The van der Waals surface area contributed by atoms with Crippen molar-refractivity contribution >= 4 is 16.9 Å². The second-order valence-corrected chi connectivity index (χ2v) is 6.03. The van der Waals surface area contributed by atoms with E-state index in [1.807, 2.05) is 11.8 Å². The van der Waals surface area contributed by atoms with Gasteiger partial charge in [-0.1, -0.05) is 29.8 Å². The van der Waals surface area contributed by atoms with Crippen LogP contribution in [0.2, 0.25) is 0 Å². The zero-order valence-corrected chi connectivity index (χ0v) is 11.4. The summed E-state index contributed by atoms with van der Waals surface area (Å²) < 4.78 is 4.93. The maximum atomic E-state index is 4.93. The van der Waals surface area contributed by atoms with Crippen LogP contribution in [0.5, 0.6) is 0 Å². The molecule has 0 atom stereocenters. The molecule has 1 aliphatic heterocycles. The van der Waals surface area contributed by atoms with Crippen LogP contribution >= 0.6 is 11.8 Å². The summed E-state index contributed by atoms with van der Waals surface area (Å²) in [5.41, 5.74) is 0.353. The monoisotopic (exact) mass is 266 g/mol. The Morgan fingerprint density at radius 3 is 3.00 bits per heavy atom. The molecule has 1 saturated heterocycles. The van der Waals surface area contributed by atoms with E-state index >= 15 is 0 Å². The van der Waals surface area contributed by atoms with E-state index in [1.165, 1.54) is 31.4 Å². The highest BCUT2D eigenvalue weighted by atomic mass is 32.2. The average molecular weight is 266 g/mol. The van der Waals surface area contributed by atoms with Crippen LogP contribution in [0.1, 0.15) is 37.4 Å². The quantitative estimate of drug-likeness (QED) is 0.905. The summed E-state index contributed by atoms with van der Waals surface area (Å²) >= 11 is 1.85. The molecular weight excluding hydrogens is 248 g/mol. The SMILES string of the molecule is Cc1nc(CCN=C2NC3(CCCC3)CS2)no1. The lowest BCUT2D eigenvalue weighted by Crippen LogP contribution is -2.40. The van der Waals surface area contributed by atoms with Crippen molar-refractivity contribution in [3.05, 3.63) is 11.7 Å². The first kappa shape index (κ1) is 12.0. The highest BCUT2D eigenvalue weighted by Gasteiger charge is 2.39. The van der Waals surface area contributed by atoms with Gasteiger partial charge in [0, 0.05) is 31.2 Å². The van der Waals surface area contributed by atoms with E-state index in [2.05, 4.69) is 20.4 Å². The van der Waals surface area contributed by atoms with E-state index in [1.54, 1.807) is 6.92 Å². The second-order valence-electron chi connectivity index (χ2n) is 5.07. The van der Waals surface area contributed by atoms with Gasteiger partial charge in [-0.3, -0.25) is 4.99 Å². The molecule has 2 aliphatic rings. The van der Waals surface area contributed by atoms with Crippen molar-refractivity contribution in [2.75, 3.05) is 12.3 Å². The minimum Gasteiger partial charge on any atom is -0.359 e. The average Bonchev–Trinajstić information content (AvgIpc) is 3.05. The molecule has 0 amide bonds. The molecule has 5 nitrogen and oxygen atoms in total. The molecule has 18 heavy (non-hydrogen) atoms. The molecule has 1 N–H and O–H groups in total. The van der Waals surface area contributed by atoms with Crippen LogP contribution in [0.15, 0.2) is 9.52 Å². The van der Waals surface area contributed by atoms with Gasteiger partial charge in [0.05, 0.1) is 0 Å². The van der Waals surface area contributed by atoms with Gasteiger partial charge in [-0.15, -0.1) is 0 Å². The normalized spacial score (nSPS) is 23.9. The molecule has 6 heteroatoms. The van der Waals surface area contributed by atoms with Gasteiger partial charge in [0.15, 0.2) is 11.0 Å². The molecule has 98 valence electrons. The Bertz CT molecular complexity index is 451. The zero-order valence-electron chi connectivity index (χ0n) is 10.6. The minimum absolute atomic E-state index is 0.353. The standard InChI is InChI=1S/C12H18N4OS/c1-9-14-10(16-17-9)4-7-13-11-15-12(8-18-11)5-2-3-6-12/h2-8H2,1H3,(H,13,15). The van der Waals surface area contributed by atoms with E-state index in [-0.39, 0.29) is 0 Å². The molecule has 2 fully saturated rings. The lowest BCUT2D eigenvalue weighted by atomic mass is 10.0. The van der Waals surface area contributed by atoms with Gasteiger partial charge in [0.25, 0.3) is 0 Å². The molecule has 1 aromatic rings. The Balaban J connectivity index is 1.52. The Morgan fingerprint density at radius 1 is 1.44 bits per heavy atom. The zero-order chi connectivity index (χ0) is 12.4. The van der Waals surface area contributed by atoms with E-state index in [4.69, 9.17) is 4.52 Å². The fourth-order valence-corrected chi connectivity index (χ4v) is 3.86. The topological polar surface area (TPSA) is 63.3 Å². The van der Waals surface area contributed by atoms with Crippen molar-refractivity contribution in [1.29, 1.82) is 0 Å². The molecule has 0 unspecified atom stereocenters. The Hall–Kier alpha value is -1.04. The third-order valence-corrected chi connectivity index (χ3v) is 4.78. The van der Waals surface area contributed by atoms with Crippen molar-refractivity contribution in [3.63, 3.8) is 0 Å². The molecule has 2 heterocycles. The number of hydrogen-bond acceptors (Lipinski definition) is 5. The lowest BCUT2D eigenvalue weighted by molar-refractivity contribution is 0.387. The second kappa shape index (κ2) is 4.91. The predicted molar refractivity (Wildman–Crippen MR) is 71.8 cm³/mol. The van der Waals surface area contributed by atoms with Crippen molar-refractivity contribution in [2.45, 2.75) is 44.6 Å². The first-order valence-corrected chi connectivity index (χ1v) is 7.49. The van der Waals surface area contributed by atoms with Gasteiger partial charge in [0.1, 0.15) is 0 Å². The molecular formula is C12H18N4OS. The maximum Gasteiger partial charge on any atom is 0.223 e. The van der Waals surface area contributed by atoms with E-state index in [0.717, 1.165) is 24.0 Å². The van der Waals surface area contributed by atoms with Crippen LogP contribution < -0.4 is 5.32 Å². The van der Waals surface area contributed by atoms with Crippen molar-refractivity contribution < 1.29 is 4.52 Å². The maximum absolute atomic E-state index is 4.93. The summed E-state index contributed by atoms with van der Waals surface area (Å²) in [4.78, 5) is 8.77. The highest BCUT2D eigenvalue weighted by molar-refractivity contribution is 8.14. The summed E-state index contributed by atoms with van der Waals surface area (Å²) in [5, 5.41) is 8.57. The molecule has 3 rings (SSSR count). The molecule has 1 aliphatic carbocycles. The smallest absolute Gasteiger partial charge is 0.223 e. The van der Waals surface area contributed by atoms with Crippen LogP contribution in [0.4, 0.5) is 0 Å². The van der Waals surface area contributed by atoms with Crippen LogP contribution in [0, 0.1) is 6.92 Å². The van der Waals surface area contributed by atoms with Crippen LogP contribution in [0.3, 0.4) is 0 Å². The van der Waals surface area contributed by atoms with Crippen molar-refractivity contribution in [2.24, 2.45) is 4.99 Å². The summed E-state index contributed by atoms with van der Waals surface area (Å²) in [7, 11) is 0. The number of amidine groups is 1. The largest absolute Gasteiger partial charge is 0.359 e. The van der Waals surface area contributed by atoms with Crippen molar-refractivity contribution in [1.82, 2.24) is 15.5 Å². The molecule has 1 saturated carbocycles. The third kappa shape index (κ3) is 2.53. The Kier molecular flexibility index (Phi) is 3.28. The molecule has 0 bridgehead atoms. The van der Waals surface area contributed by atoms with Gasteiger partial charge in [-0.25, -0.2) is 0 Å². The number of rotatable bonds is 3. The van der Waals surface area contributed by atoms with E-state index in [9.17, 15) is 0 Å². The summed E-state index contributed by atoms with van der Waals surface area (Å²) in [6.45, 7) is 2.53. The Labute approximate surface area is 111 Å². The fourth-order valence-electron chi connectivity index (χ4n) is 2.61.